The Bertz CT molecular complexity index is 789. The molecule has 0 spiro atoms. The minimum absolute atomic E-state index is 0.113. The van der Waals surface area contributed by atoms with Crippen LogP contribution >= 0.6 is 11.6 Å². The van der Waals surface area contributed by atoms with Crippen LogP contribution < -0.4 is 4.90 Å². The average molecular weight is 371 g/mol. The normalized spacial score (nSPS) is 20.4. The van der Waals surface area contributed by atoms with Crippen molar-refractivity contribution in [2.24, 2.45) is 0 Å². The van der Waals surface area contributed by atoms with Gasteiger partial charge in [0.05, 0.1) is 18.8 Å². The largest absolute Gasteiger partial charge is 0.378 e. The van der Waals surface area contributed by atoms with Gasteiger partial charge in [-0.3, -0.25) is 4.79 Å². The van der Waals surface area contributed by atoms with E-state index in [1.165, 1.54) is 0 Å². The summed E-state index contributed by atoms with van der Waals surface area (Å²) >= 11 is 6.35. The summed E-state index contributed by atoms with van der Waals surface area (Å²) in [5.74, 6) is 0.421. The van der Waals surface area contributed by atoms with E-state index in [0.29, 0.717) is 19.1 Å². The van der Waals surface area contributed by atoms with Crippen LogP contribution in [0, 0.1) is 0 Å². The Morgan fingerprint density at radius 1 is 1.00 bits per heavy atom. The van der Waals surface area contributed by atoms with Gasteiger partial charge in [-0.25, -0.2) is 0 Å². The maximum Gasteiger partial charge on any atom is 0.255 e. The molecule has 2 saturated heterocycles. The number of para-hydroxylation sites is 1. The van der Waals surface area contributed by atoms with Crippen molar-refractivity contribution in [2.45, 2.75) is 12.3 Å². The summed E-state index contributed by atoms with van der Waals surface area (Å²) in [6.45, 7) is 4.56. The predicted molar refractivity (Wildman–Crippen MR) is 104 cm³/mol. The van der Waals surface area contributed by atoms with Crippen molar-refractivity contribution in [3.05, 3.63) is 64.7 Å². The molecular formula is C21H23ClN2O2. The van der Waals surface area contributed by atoms with E-state index in [1.807, 2.05) is 47.4 Å². The fraction of sp³-hybridized carbons (Fsp3) is 0.381. The highest BCUT2D eigenvalue weighted by Gasteiger charge is 2.30. The molecule has 2 aliphatic heterocycles. The fourth-order valence-corrected chi connectivity index (χ4v) is 4.20. The minimum Gasteiger partial charge on any atom is -0.378 e. The van der Waals surface area contributed by atoms with Crippen molar-refractivity contribution in [3.63, 3.8) is 0 Å². The van der Waals surface area contributed by atoms with E-state index < -0.39 is 0 Å². The second-order valence-corrected chi connectivity index (χ2v) is 7.28. The van der Waals surface area contributed by atoms with Gasteiger partial charge >= 0.3 is 0 Å². The lowest BCUT2D eigenvalue weighted by Crippen LogP contribution is -2.38. The van der Waals surface area contributed by atoms with Gasteiger partial charge in [0.25, 0.3) is 5.91 Å². The molecule has 1 amide bonds. The van der Waals surface area contributed by atoms with Gasteiger partial charge in [0.2, 0.25) is 0 Å². The molecule has 0 unspecified atom stereocenters. The molecule has 0 N–H and O–H groups in total. The molecule has 5 heteroatoms. The summed E-state index contributed by atoms with van der Waals surface area (Å²) in [5, 5.41) is 0.792. The fourth-order valence-electron chi connectivity index (χ4n) is 3.91. The van der Waals surface area contributed by atoms with Gasteiger partial charge in [-0.15, -0.1) is 0 Å². The number of morpholine rings is 1. The third-order valence-electron chi connectivity index (χ3n) is 5.31. The van der Waals surface area contributed by atoms with Crippen molar-refractivity contribution >= 4 is 23.2 Å². The molecule has 2 aliphatic rings. The van der Waals surface area contributed by atoms with Crippen LogP contribution in [0.4, 0.5) is 5.69 Å². The molecule has 0 radical (unpaired) electrons. The number of nitrogens with zero attached hydrogens (tertiary/aromatic N) is 2. The number of benzene rings is 2. The van der Waals surface area contributed by atoms with Crippen molar-refractivity contribution in [1.29, 1.82) is 0 Å². The molecule has 4 nitrogen and oxygen atoms in total. The van der Waals surface area contributed by atoms with Crippen LogP contribution in [0.25, 0.3) is 0 Å². The molecule has 2 heterocycles. The van der Waals surface area contributed by atoms with Crippen LogP contribution in [0.1, 0.15) is 28.3 Å². The number of likely N-dealkylation sites (tertiary alicyclic amines) is 1. The highest BCUT2D eigenvalue weighted by atomic mass is 35.5. The van der Waals surface area contributed by atoms with E-state index in [0.717, 1.165) is 54.4 Å². The van der Waals surface area contributed by atoms with Gasteiger partial charge in [-0.05, 0) is 30.2 Å². The number of carbonyl (C=O) groups excluding carboxylic acids is 1. The first-order valence-corrected chi connectivity index (χ1v) is 9.57. The van der Waals surface area contributed by atoms with Crippen LogP contribution in [0.2, 0.25) is 5.02 Å². The summed E-state index contributed by atoms with van der Waals surface area (Å²) in [5.41, 5.74) is 2.95. The van der Waals surface area contributed by atoms with Gasteiger partial charge in [0.15, 0.2) is 0 Å². The zero-order chi connectivity index (χ0) is 17.9. The Morgan fingerprint density at radius 3 is 2.54 bits per heavy atom. The van der Waals surface area contributed by atoms with Crippen molar-refractivity contribution in [3.8, 4) is 0 Å². The number of amides is 1. The Balaban J connectivity index is 1.53. The molecule has 2 fully saturated rings. The SMILES string of the molecule is O=C(c1ccccc1N1CCOCC1)N1CC[C@H](c2ccccc2Cl)C1. The van der Waals surface area contributed by atoms with Crippen LogP contribution in [0.3, 0.4) is 0 Å². The summed E-state index contributed by atoms with van der Waals surface area (Å²) in [6, 6.07) is 15.9. The number of halogens is 1. The summed E-state index contributed by atoms with van der Waals surface area (Å²) < 4.78 is 5.45. The number of rotatable bonds is 3. The molecule has 0 bridgehead atoms. The highest BCUT2D eigenvalue weighted by molar-refractivity contribution is 6.31. The van der Waals surface area contributed by atoms with Gasteiger partial charge < -0.3 is 14.5 Å². The lowest BCUT2D eigenvalue weighted by atomic mass is 9.98. The molecule has 0 saturated carbocycles. The second-order valence-electron chi connectivity index (χ2n) is 6.87. The van der Waals surface area contributed by atoms with Gasteiger partial charge in [0.1, 0.15) is 0 Å². The van der Waals surface area contributed by atoms with E-state index in [2.05, 4.69) is 11.0 Å². The summed E-state index contributed by atoms with van der Waals surface area (Å²) in [7, 11) is 0. The van der Waals surface area contributed by atoms with E-state index in [4.69, 9.17) is 16.3 Å². The van der Waals surface area contributed by atoms with Crippen molar-refractivity contribution < 1.29 is 9.53 Å². The first-order chi connectivity index (χ1) is 12.7. The second kappa shape index (κ2) is 7.68. The van der Waals surface area contributed by atoms with E-state index in [1.54, 1.807) is 0 Å². The van der Waals surface area contributed by atoms with Crippen molar-refractivity contribution in [2.75, 3.05) is 44.3 Å². The van der Waals surface area contributed by atoms with Gasteiger partial charge in [-0.1, -0.05) is 41.9 Å². The molecule has 0 aliphatic carbocycles. The molecular weight excluding hydrogens is 348 g/mol. The topological polar surface area (TPSA) is 32.8 Å². The predicted octanol–water partition coefficient (Wildman–Crippen LogP) is 3.81. The molecule has 4 rings (SSSR count). The highest BCUT2D eigenvalue weighted by Crippen LogP contribution is 2.33. The molecule has 2 aromatic rings. The molecule has 2 aromatic carbocycles. The van der Waals surface area contributed by atoms with E-state index in [9.17, 15) is 4.79 Å². The monoisotopic (exact) mass is 370 g/mol. The van der Waals surface area contributed by atoms with Gasteiger partial charge in [0, 0.05) is 42.8 Å². The van der Waals surface area contributed by atoms with E-state index >= 15 is 0 Å². The molecule has 1 atom stereocenters. The maximum atomic E-state index is 13.2. The molecule has 0 aromatic heterocycles. The lowest BCUT2D eigenvalue weighted by Gasteiger charge is -2.31. The van der Waals surface area contributed by atoms with Gasteiger partial charge in [-0.2, -0.15) is 0 Å². The number of hydrogen-bond acceptors (Lipinski definition) is 3. The van der Waals surface area contributed by atoms with Crippen LogP contribution in [-0.2, 0) is 4.74 Å². The lowest BCUT2D eigenvalue weighted by molar-refractivity contribution is 0.0790. The molecule has 136 valence electrons. The first-order valence-electron chi connectivity index (χ1n) is 9.19. The first kappa shape index (κ1) is 17.4. The number of ether oxygens (including phenoxy) is 1. The Morgan fingerprint density at radius 2 is 1.73 bits per heavy atom. The summed E-state index contributed by atoms with van der Waals surface area (Å²) in [4.78, 5) is 17.4. The Labute approximate surface area is 159 Å². The Kier molecular flexibility index (Phi) is 5.14. The minimum atomic E-state index is 0.113. The number of hydrogen-bond donors (Lipinski definition) is 0. The number of anilines is 1. The molecule has 26 heavy (non-hydrogen) atoms. The third-order valence-corrected chi connectivity index (χ3v) is 5.65. The Hall–Kier alpha value is -2.04. The zero-order valence-electron chi connectivity index (χ0n) is 14.7. The van der Waals surface area contributed by atoms with Crippen LogP contribution in [0.5, 0.6) is 0 Å². The van der Waals surface area contributed by atoms with E-state index in [-0.39, 0.29) is 5.91 Å². The zero-order valence-corrected chi connectivity index (χ0v) is 15.5. The summed E-state index contributed by atoms with van der Waals surface area (Å²) in [6.07, 6.45) is 0.954. The quantitative estimate of drug-likeness (QED) is 0.823. The van der Waals surface area contributed by atoms with Crippen LogP contribution in [-0.4, -0.2) is 50.2 Å². The maximum absolute atomic E-state index is 13.2. The van der Waals surface area contributed by atoms with Crippen LogP contribution in [0.15, 0.2) is 48.5 Å². The standard InChI is InChI=1S/C21H23ClN2O2/c22-19-7-3-1-5-17(19)16-9-10-24(15-16)21(25)18-6-2-4-8-20(18)23-11-13-26-14-12-23/h1-8,16H,9-15H2/t16-/m0/s1. The third kappa shape index (κ3) is 3.44. The number of carbonyl (C=O) groups is 1. The average Bonchev–Trinajstić information content (AvgIpc) is 3.18. The smallest absolute Gasteiger partial charge is 0.255 e. The van der Waals surface area contributed by atoms with Crippen molar-refractivity contribution in [1.82, 2.24) is 4.90 Å².